The Kier molecular flexibility index (Phi) is 3.55. The molecule has 2 aromatic rings. The highest BCUT2D eigenvalue weighted by Crippen LogP contribution is 2.21. The molecule has 0 fully saturated rings. The highest BCUT2D eigenvalue weighted by atomic mass is 19.1. The zero-order valence-electron chi connectivity index (χ0n) is 10.5. The molecule has 1 atom stereocenters. The van der Waals surface area contributed by atoms with Gasteiger partial charge in [0.15, 0.2) is 5.82 Å². The largest absolute Gasteiger partial charge is 0.481 e. The van der Waals surface area contributed by atoms with Crippen LogP contribution in [0.4, 0.5) is 4.39 Å². The van der Waals surface area contributed by atoms with Crippen molar-refractivity contribution in [3.05, 3.63) is 29.6 Å². The Hall–Kier alpha value is -2.31. The number of aliphatic carboxylic acids is 1. The smallest absolute Gasteiger partial charge is 0.308 e. The number of aromatic nitrogens is 4. The fourth-order valence-corrected chi connectivity index (χ4v) is 1.74. The molecule has 0 amide bonds. The molecule has 0 spiro atoms. The zero-order chi connectivity index (χ0) is 14.0. The van der Waals surface area contributed by atoms with Crippen LogP contribution in [0.2, 0.25) is 0 Å². The van der Waals surface area contributed by atoms with Crippen LogP contribution in [-0.4, -0.2) is 31.3 Å². The highest BCUT2D eigenvalue weighted by Gasteiger charge is 2.17. The summed E-state index contributed by atoms with van der Waals surface area (Å²) in [4.78, 5) is 10.9. The van der Waals surface area contributed by atoms with Gasteiger partial charge in [0.25, 0.3) is 0 Å². The minimum Gasteiger partial charge on any atom is -0.481 e. The molecule has 6 nitrogen and oxygen atoms in total. The van der Waals surface area contributed by atoms with Gasteiger partial charge < -0.3 is 5.11 Å². The number of halogens is 1. The van der Waals surface area contributed by atoms with Crippen molar-refractivity contribution in [2.75, 3.05) is 0 Å². The van der Waals surface area contributed by atoms with Crippen molar-refractivity contribution >= 4 is 5.97 Å². The average molecular weight is 264 g/mol. The predicted octanol–water partition coefficient (Wildman–Crippen LogP) is 1.51. The van der Waals surface area contributed by atoms with E-state index in [1.54, 1.807) is 19.9 Å². The summed E-state index contributed by atoms with van der Waals surface area (Å²) in [5.41, 5.74) is 1.38. The molecular formula is C12H13FN4O2. The summed E-state index contributed by atoms with van der Waals surface area (Å²) in [5.74, 6) is -1.43. The monoisotopic (exact) mass is 264 g/mol. The standard InChI is InChI=1S/C12H13FN4O2/c1-7-5-9(13)3-4-10(7)11-14-15-16-17(11)6-8(2)12(18)19/h3-5,8H,6H2,1-2H3,(H,18,19). The number of benzene rings is 1. The second kappa shape index (κ2) is 5.13. The van der Waals surface area contributed by atoms with Crippen LogP contribution in [-0.2, 0) is 11.3 Å². The molecule has 0 aliphatic rings. The second-order valence-corrected chi connectivity index (χ2v) is 4.38. The lowest BCUT2D eigenvalue weighted by atomic mass is 10.1. The summed E-state index contributed by atoms with van der Waals surface area (Å²) < 4.78 is 14.5. The first-order chi connectivity index (χ1) is 8.99. The van der Waals surface area contributed by atoms with E-state index in [9.17, 15) is 9.18 Å². The normalized spacial score (nSPS) is 12.4. The molecule has 0 aliphatic carbocycles. The molecule has 2 rings (SSSR count). The van der Waals surface area contributed by atoms with Gasteiger partial charge in [-0.15, -0.1) is 5.10 Å². The Morgan fingerprint density at radius 3 is 2.89 bits per heavy atom. The van der Waals surface area contributed by atoms with Crippen LogP contribution < -0.4 is 0 Å². The van der Waals surface area contributed by atoms with Crippen molar-refractivity contribution in [1.29, 1.82) is 0 Å². The van der Waals surface area contributed by atoms with E-state index in [0.29, 0.717) is 17.0 Å². The number of carboxylic acids is 1. The third-order valence-electron chi connectivity index (χ3n) is 2.83. The molecule has 0 saturated carbocycles. The fraction of sp³-hybridized carbons (Fsp3) is 0.333. The van der Waals surface area contributed by atoms with Gasteiger partial charge in [-0.05, 0) is 41.1 Å². The summed E-state index contributed by atoms with van der Waals surface area (Å²) in [6.45, 7) is 3.48. The van der Waals surface area contributed by atoms with Crippen molar-refractivity contribution in [3.8, 4) is 11.4 Å². The van der Waals surface area contributed by atoms with Crippen molar-refractivity contribution in [2.45, 2.75) is 20.4 Å². The predicted molar refractivity (Wildman–Crippen MR) is 64.7 cm³/mol. The molecule has 1 heterocycles. The Morgan fingerprint density at radius 2 is 2.26 bits per heavy atom. The number of tetrazole rings is 1. The molecule has 19 heavy (non-hydrogen) atoms. The number of carbonyl (C=O) groups is 1. The van der Waals surface area contributed by atoms with Gasteiger partial charge >= 0.3 is 5.97 Å². The van der Waals surface area contributed by atoms with E-state index in [0.717, 1.165) is 0 Å². The molecule has 0 saturated heterocycles. The number of nitrogens with zero attached hydrogens (tertiary/aromatic N) is 4. The van der Waals surface area contributed by atoms with Gasteiger partial charge in [0.05, 0.1) is 12.5 Å². The quantitative estimate of drug-likeness (QED) is 0.905. The molecular weight excluding hydrogens is 251 g/mol. The molecule has 1 aromatic heterocycles. The molecule has 1 N–H and O–H groups in total. The van der Waals surface area contributed by atoms with Gasteiger partial charge in [0.1, 0.15) is 5.82 Å². The maximum absolute atomic E-state index is 13.1. The van der Waals surface area contributed by atoms with Crippen LogP contribution >= 0.6 is 0 Å². The molecule has 0 aliphatic heterocycles. The minimum absolute atomic E-state index is 0.161. The molecule has 7 heteroatoms. The summed E-state index contributed by atoms with van der Waals surface area (Å²) >= 11 is 0. The van der Waals surface area contributed by atoms with E-state index in [-0.39, 0.29) is 12.4 Å². The first-order valence-corrected chi connectivity index (χ1v) is 5.74. The summed E-state index contributed by atoms with van der Waals surface area (Å²) in [5, 5.41) is 20.1. The summed E-state index contributed by atoms with van der Waals surface area (Å²) in [6.07, 6.45) is 0. The Bertz CT molecular complexity index is 612. The Morgan fingerprint density at radius 1 is 1.53 bits per heavy atom. The first kappa shape index (κ1) is 13.1. The Balaban J connectivity index is 2.36. The number of rotatable bonds is 4. The maximum Gasteiger partial charge on any atom is 0.308 e. The number of aryl methyl sites for hydroxylation is 1. The minimum atomic E-state index is -0.919. The summed E-state index contributed by atoms with van der Waals surface area (Å²) in [6, 6.07) is 4.29. The van der Waals surface area contributed by atoms with Crippen LogP contribution in [0.15, 0.2) is 18.2 Å². The average Bonchev–Trinajstić information content (AvgIpc) is 2.77. The van der Waals surface area contributed by atoms with E-state index in [2.05, 4.69) is 15.5 Å². The number of carboxylic acid groups (broad SMARTS) is 1. The first-order valence-electron chi connectivity index (χ1n) is 5.74. The fourth-order valence-electron chi connectivity index (χ4n) is 1.74. The second-order valence-electron chi connectivity index (χ2n) is 4.38. The van der Waals surface area contributed by atoms with Crippen LogP contribution in [0.3, 0.4) is 0 Å². The van der Waals surface area contributed by atoms with Crippen LogP contribution in [0, 0.1) is 18.7 Å². The van der Waals surface area contributed by atoms with Crippen LogP contribution in [0.5, 0.6) is 0 Å². The lowest BCUT2D eigenvalue weighted by molar-refractivity contribution is -0.141. The van der Waals surface area contributed by atoms with Crippen LogP contribution in [0.1, 0.15) is 12.5 Å². The van der Waals surface area contributed by atoms with Gasteiger partial charge in [-0.1, -0.05) is 6.92 Å². The van der Waals surface area contributed by atoms with Gasteiger partial charge in [0, 0.05) is 5.56 Å². The van der Waals surface area contributed by atoms with Crippen molar-refractivity contribution < 1.29 is 14.3 Å². The highest BCUT2D eigenvalue weighted by molar-refractivity contribution is 5.69. The van der Waals surface area contributed by atoms with Gasteiger partial charge in [-0.3, -0.25) is 4.79 Å². The maximum atomic E-state index is 13.1. The van der Waals surface area contributed by atoms with Crippen molar-refractivity contribution in [2.24, 2.45) is 5.92 Å². The van der Waals surface area contributed by atoms with Gasteiger partial charge in [0.2, 0.25) is 0 Å². The molecule has 1 unspecified atom stereocenters. The van der Waals surface area contributed by atoms with Crippen LogP contribution in [0.25, 0.3) is 11.4 Å². The van der Waals surface area contributed by atoms with E-state index in [4.69, 9.17) is 5.11 Å². The SMILES string of the molecule is Cc1cc(F)ccc1-c1nnnn1CC(C)C(=O)O. The third kappa shape index (κ3) is 2.75. The Labute approximate surface area is 108 Å². The van der Waals surface area contributed by atoms with Gasteiger partial charge in [-0.2, -0.15) is 0 Å². The van der Waals surface area contributed by atoms with E-state index in [1.165, 1.54) is 16.8 Å². The van der Waals surface area contributed by atoms with E-state index < -0.39 is 11.9 Å². The molecule has 0 radical (unpaired) electrons. The van der Waals surface area contributed by atoms with Gasteiger partial charge in [-0.25, -0.2) is 9.07 Å². The summed E-state index contributed by atoms with van der Waals surface area (Å²) in [7, 11) is 0. The zero-order valence-corrected chi connectivity index (χ0v) is 10.5. The van der Waals surface area contributed by atoms with Crippen molar-refractivity contribution in [1.82, 2.24) is 20.2 Å². The molecule has 1 aromatic carbocycles. The van der Waals surface area contributed by atoms with Crippen molar-refractivity contribution in [3.63, 3.8) is 0 Å². The van der Waals surface area contributed by atoms with E-state index >= 15 is 0 Å². The van der Waals surface area contributed by atoms with E-state index in [1.807, 2.05) is 0 Å². The lowest BCUT2D eigenvalue weighted by Crippen LogP contribution is -2.18. The molecule has 0 bridgehead atoms. The topological polar surface area (TPSA) is 80.9 Å². The lowest BCUT2D eigenvalue weighted by Gasteiger charge is -2.09. The third-order valence-corrected chi connectivity index (χ3v) is 2.83. The number of hydrogen-bond acceptors (Lipinski definition) is 4. The number of hydrogen-bond donors (Lipinski definition) is 1. The molecule has 100 valence electrons.